The highest BCUT2D eigenvalue weighted by Crippen LogP contribution is 2.30. The number of methoxy groups -OCH3 is 1. The molecule has 1 fully saturated rings. The minimum absolute atomic E-state index is 0.136. The first kappa shape index (κ1) is 20.2. The zero-order valence-corrected chi connectivity index (χ0v) is 17.8. The molecule has 0 bridgehead atoms. The van der Waals surface area contributed by atoms with Crippen LogP contribution in [0.15, 0.2) is 48.0 Å². The minimum Gasteiger partial charge on any atom is -0.493 e. The van der Waals surface area contributed by atoms with Gasteiger partial charge in [-0.05, 0) is 76.9 Å². The van der Waals surface area contributed by atoms with Crippen molar-refractivity contribution in [1.82, 2.24) is 4.90 Å². The predicted molar refractivity (Wildman–Crippen MR) is 116 cm³/mol. The molecular weight excluding hydrogens is 467 g/mol. The topological polar surface area (TPSA) is 62.6 Å². The Morgan fingerprint density at radius 2 is 1.89 bits per heavy atom. The maximum atomic E-state index is 12.5. The van der Waals surface area contributed by atoms with E-state index in [1.807, 2.05) is 36.4 Å². The fraction of sp³-hybridized carbons (Fsp3) is 0.273. The van der Waals surface area contributed by atoms with Gasteiger partial charge in [0.05, 0.1) is 7.11 Å². The summed E-state index contributed by atoms with van der Waals surface area (Å²) < 4.78 is 12.5. The summed E-state index contributed by atoms with van der Waals surface area (Å²) in [5, 5.41) is 9.41. The normalized spacial score (nSPS) is 13.9. The summed E-state index contributed by atoms with van der Waals surface area (Å²) in [7, 11) is 1.57. The SMILES string of the molecule is COc1cc(/C=C(\C#N)C(=O)N2CCCC2)ccc1OCc1ccc(I)cc1. The molecule has 0 radical (unpaired) electrons. The molecule has 0 aliphatic carbocycles. The van der Waals surface area contributed by atoms with Crippen LogP contribution in [0, 0.1) is 14.9 Å². The van der Waals surface area contributed by atoms with Gasteiger partial charge in [-0.25, -0.2) is 0 Å². The van der Waals surface area contributed by atoms with Gasteiger partial charge in [0, 0.05) is 16.7 Å². The van der Waals surface area contributed by atoms with Crippen molar-refractivity contribution in [3.05, 3.63) is 62.7 Å². The molecule has 1 aliphatic heterocycles. The summed E-state index contributed by atoms with van der Waals surface area (Å²) in [4.78, 5) is 14.2. The van der Waals surface area contributed by atoms with Crippen LogP contribution < -0.4 is 9.47 Å². The number of nitrogens with zero attached hydrogens (tertiary/aromatic N) is 2. The summed E-state index contributed by atoms with van der Waals surface area (Å²) in [6.07, 6.45) is 3.59. The van der Waals surface area contributed by atoms with Crippen molar-refractivity contribution in [2.75, 3.05) is 20.2 Å². The Morgan fingerprint density at radius 3 is 2.54 bits per heavy atom. The van der Waals surface area contributed by atoms with Gasteiger partial charge in [0.25, 0.3) is 5.91 Å². The van der Waals surface area contributed by atoms with Crippen molar-refractivity contribution in [2.24, 2.45) is 0 Å². The zero-order valence-electron chi connectivity index (χ0n) is 15.7. The number of hydrogen-bond donors (Lipinski definition) is 0. The average molecular weight is 488 g/mol. The van der Waals surface area contributed by atoms with Gasteiger partial charge in [-0.2, -0.15) is 5.26 Å². The molecule has 144 valence electrons. The third kappa shape index (κ3) is 5.04. The van der Waals surface area contributed by atoms with E-state index in [1.165, 1.54) is 3.57 Å². The first-order valence-corrected chi connectivity index (χ1v) is 10.1. The number of carbonyl (C=O) groups excluding carboxylic acids is 1. The van der Waals surface area contributed by atoms with E-state index >= 15 is 0 Å². The van der Waals surface area contributed by atoms with E-state index in [0.29, 0.717) is 31.2 Å². The van der Waals surface area contributed by atoms with Crippen molar-refractivity contribution >= 4 is 34.6 Å². The standard InChI is InChI=1S/C22H21IN2O3/c1-27-21-13-17(12-18(14-24)22(26)25-10-2-3-11-25)6-9-20(21)28-15-16-4-7-19(23)8-5-16/h4-9,12-13H,2-3,10-11,15H2,1H3/b18-12+. The van der Waals surface area contributed by atoms with Crippen LogP contribution in [0.4, 0.5) is 0 Å². The molecule has 1 saturated heterocycles. The number of rotatable bonds is 6. The molecule has 3 rings (SSSR count). The maximum absolute atomic E-state index is 12.5. The van der Waals surface area contributed by atoms with Gasteiger partial charge in [-0.15, -0.1) is 0 Å². The molecule has 0 aromatic heterocycles. The van der Waals surface area contributed by atoms with E-state index < -0.39 is 0 Å². The van der Waals surface area contributed by atoms with Gasteiger partial charge >= 0.3 is 0 Å². The highest BCUT2D eigenvalue weighted by Gasteiger charge is 2.21. The van der Waals surface area contributed by atoms with Gasteiger partial charge in [-0.3, -0.25) is 4.79 Å². The number of benzene rings is 2. The number of likely N-dealkylation sites (tertiary alicyclic amines) is 1. The second kappa shape index (κ2) is 9.60. The van der Waals surface area contributed by atoms with E-state index in [1.54, 1.807) is 30.2 Å². The molecule has 2 aromatic rings. The van der Waals surface area contributed by atoms with Crippen LogP contribution in [0.1, 0.15) is 24.0 Å². The van der Waals surface area contributed by atoms with Crippen molar-refractivity contribution in [3.8, 4) is 17.6 Å². The van der Waals surface area contributed by atoms with Gasteiger partial charge in [-0.1, -0.05) is 18.2 Å². The largest absolute Gasteiger partial charge is 0.493 e. The first-order valence-electron chi connectivity index (χ1n) is 9.07. The number of hydrogen-bond acceptors (Lipinski definition) is 4. The predicted octanol–water partition coefficient (Wildman–Crippen LogP) is 4.41. The number of halogens is 1. The summed E-state index contributed by atoms with van der Waals surface area (Å²) in [5.41, 5.74) is 1.92. The molecule has 0 saturated carbocycles. The summed E-state index contributed by atoms with van der Waals surface area (Å²) in [6, 6.07) is 15.5. The van der Waals surface area contributed by atoms with E-state index in [9.17, 15) is 10.1 Å². The van der Waals surface area contributed by atoms with E-state index in [-0.39, 0.29) is 11.5 Å². The number of ether oxygens (including phenoxy) is 2. The Bertz CT molecular complexity index is 910. The van der Waals surface area contributed by atoms with Gasteiger partial charge in [0.15, 0.2) is 11.5 Å². The molecular formula is C22H21IN2O3. The van der Waals surface area contributed by atoms with Crippen LogP contribution >= 0.6 is 22.6 Å². The molecule has 0 atom stereocenters. The van der Waals surface area contributed by atoms with Crippen molar-refractivity contribution < 1.29 is 14.3 Å². The molecule has 0 unspecified atom stereocenters. The molecule has 0 spiro atoms. The van der Waals surface area contributed by atoms with Crippen molar-refractivity contribution in [3.63, 3.8) is 0 Å². The molecule has 2 aromatic carbocycles. The monoisotopic (exact) mass is 488 g/mol. The second-order valence-corrected chi connectivity index (χ2v) is 7.74. The zero-order chi connectivity index (χ0) is 19.9. The van der Waals surface area contributed by atoms with Gasteiger partial charge in [0.2, 0.25) is 0 Å². The Morgan fingerprint density at radius 1 is 1.18 bits per heavy atom. The second-order valence-electron chi connectivity index (χ2n) is 6.49. The quantitative estimate of drug-likeness (QED) is 0.344. The maximum Gasteiger partial charge on any atom is 0.264 e. The van der Waals surface area contributed by atoms with Crippen LogP contribution in [-0.2, 0) is 11.4 Å². The fourth-order valence-corrected chi connectivity index (χ4v) is 3.39. The van der Waals surface area contributed by atoms with Crippen LogP contribution in [-0.4, -0.2) is 31.0 Å². The Balaban J connectivity index is 1.75. The van der Waals surface area contributed by atoms with Crippen LogP contribution in [0.2, 0.25) is 0 Å². The molecule has 5 nitrogen and oxygen atoms in total. The molecule has 6 heteroatoms. The fourth-order valence-electron chi connectivity index (χ4n) is 3.03. The van der Waals surface area contributed by atoms with E-state index in [4.69, 9.17) is 9.47 Å². The Labute approximate surface area is 178 Å². The number of nitriles is 1. The molecule has 1 aliphatic rings. The highest BCUT2D eigenvalue weighted by atomic mass is 127. The van der Waals surface area contributed by atoms with Crippen molar-refractivity contribution in [2.45, 2.75) is 19.4 Å². The minimum atomic E-state index is -0.210. The van der Waals surface area contributed by atoms with Crippen LogP contribution in [0.5, 0.6) is 11.5 Å². The third-order valence-electron chi connectivity index (χ3n) is 4.55. The Hall–Kier alpha value is -2.53. The lowest BCUT2D eigenvalue weighted by Gasteiger charge is -2.14. The molecule has 28 heavy (non-hydrogen) atoms. The van der Waals surface area contributed by atoms with E-state index in [2.05, 4.69) is 22.6 Å². The van der Waals surface area contributed by atoms with Crippen LogP contribution in [0.3, 0.4) is 0 Å². The summed E-state index contributed by atoms with van der Waals surface area (Å²) >= 11 is 2.26. The van der Waals surface area contributed by atoms with Crippen molar-refractivity contribution in [1.29, 1.82) is 5.26 Å². The van der Waals surface area contributed by atoms with Gasteiger partial charge in [0.1, 0.15) is 18.2 Å². The summed E-state index contributed by atoms with van der Waals surface area (Å²) in [6.45, 7) is 1.86. The average Bonchev–Trinajstić information content (AvgIpc) is 3.26. The Kier molecular flexibility index (Phi) is 6.93. The van der Waals surface area contributed by atoms with Gasteiger partial charge < -0.3 is 14.4 Å². The lowest BCUT2D eigenvalue weighted by Crippen LogP contribution is -2.28. The number of amides is 1. The summed E-state index contributed by atoms with van der Waals surface area (Å²) in [5.74, 6) is 0.964. The first-order chi connectivity index (χ1) is 13.6. The smallest absolute Gasteiger partial charge is 0.264 e. The highest BCUT2D eigenvalue weighted by molar-refractivity contribution is 14.1. The van der Waals surface area contributed by atoms with E-state index in [0.717, 1.165) is 24.0 Å². The third-order valence-corrected chi connectivity index (χ3v) is 5.27. The molecule has 0 N–H and O–H groups in total. The molecule has 1 heterocycles. The van der Waals surface area contributed by atoms with Crippen LogP contribution in [0.25, 0.3) is 6.08 Å². The lowest BCUT2D eigenvalue weighted by atomic mass is 10.1. The lowest BCUT2D eigenvalue weighted by molar-refractivity contribution is -0.125. The number of carbonyl (C=O) groups is 1. The molecule has 1 amide bonds.